The molecule has 1 unspecified atom stereocenters. The van der Waals surface area contributed by atoms with Crippen molar-refractivity contribution in [1.29, 1.82) is 0 Å². The smallest absolute Gasteiger partial charge is 0.254 e. The maximum atomic E-state index is 13.8. The number of aromatic nitrogens is 2. The molecule has 2 heterocycles. The number of likely N-dealkylation sites (tertiary alicyclic amines) is 1. The predicted molar refractivity (Wildman–Crippen MR) is 95.8 cm³/mol. The Morgan fingerprint density at radius 3 is 2.85 bits per heavy atom. The number of benzene rings is 2. The molecular formula is C20H18FN3O3. The fourth-order valence-electron chi connectivity index (χ4n) is 3.14. The van der Waals surface area contributed by atoms with E-state index in [9.17, 15) is 9.18 Å². The molecular weight excluding hydrogens is 349 g/mol. The van der Waals surface area contributed by atoms with E-state index in [-0.39, 0.29) is 17.8 Å². The number of carbonyl (C=O) groups is 1. The van der Waals surface area contributed by atoms with E-state index in [1.54, 1.807) is 55.3 Å². The summed E-state index contributed by atoms with van der Waals surface area (Å²) in [7, 11) is 1.56. The average molecular weight is 367 g/mol. The highest BCUT2D eigenvalue weighted by Gasteiger charge is 2.38. The molecule has 6 nitrogen and oxygen atoms in total. The first-order chi connectivity index (χ1) is 13.1. The van der Waals surface area contributed by atoms with Crippen LogP contribution in [0.3, 0.4) is 0 Å². The summed E-state index contributed by atoms with van der Waals surface area (Å²) >= 11 is 0. The van der Waals surface area contributed by atoms with Gasteiger partial charge in [-0.1, -0.05) is 23.4 Å². The molecule has 1 fully saturated rings. The fraction of sp³-hybridized carbons (Fsp3) is 0.250. The van der Waals surface area contributed by atoms with Gasteiger partial charge in [-0.3, -0.25) is 4.79 Å². The zero-order chi connectivity index (χ0) is 19.0. The highest BCUT2D eigenvalue weighted by atomic mass is 19.1. The van der Waals surface area contributed by atoms with Gasteiger partial charge in [-0.2, -0.15) is 4.98 Å². The van der Waals surface area contributed by atoms with Gasteiger partial charge in [0.2, 0.25) is 11.7 Å². The van der Waals surface area contributed by atoms with Crippen LogP contribution in [0.2, 0.25) is 0 Å². The molecule has 1 aliphatic heterocycles. The number of ether oxygens (including phenoxy) is 1. The summed E-state index contributed by atoms with van der Waals surface area (Å²) in [5.74, 6) is 0.863. The summed E-state index contributed by atoms with van der Waals surface area (Å²) in [4.78, 5) is 18.9. The lowest BCUT2D eigenvalue weighted by molar-refractivity contribution is 0.0378. The Morgan fingerprint density at radius 1 is 1.30 bits per heavy atom. The van der Waals surface area contributed by atoms with Crippen molar-refractivity contribution < 1.29 is 18.4 Å². The quantitative estimate of drug-likeness (QED) is 0.702. The molecule has 1 atom stereocenters. The van der Waals surface area contributed by atoms with Gasteiger partial charge in [0, 0.05) is 17.7 Å². The summed E-state index contributed by atoms with van der Waals surface area (Å²) in [5.41, 5.74) is 1.58. The molecule has 4 rings (SSSR count). The van der Waals surface area contributed by atoms with Crippen molar-refractivity contribution in [2.45, 2.75) is 19.4 Å². The van der Waals surface area contributed by atoms with E-state index in [4.69, 9.17) is 9.26 Å². The first-order valence-electron chi connectivity index (χ1n) is 8.62. The van der Waals surface area contributed by atoms with E-state index in [2.05, 4.69) is 10.1 Å². The molecule has 1 amide bonds. The maximum absolute atomic E-state index is 13.8. The molecule has 0 saturated carbocycles. The second-order valence-electron chi connectivity index (χ2n) is 6.40. The van der Waals surface area contributed by atoms with Crippen molar-refractivity contribution in [2.75, 3.05) is 13.7 Å². The molecule has 1 aromatic heterocycles. The van der Waals surface area contributed by atoms with Gasteiger partial charge < -0.3 is 14.2 Å². The second-order valence-corrected chi connectivity index (χ2v) is 6.40. The third-order valence-corrected chi connectivity index (χ3v) is 4.83. The van der Waals surface area contributed by atoms with Crippen LogP contribution in [0.1, 0.15) is 34.3 Å². The van der Waals surface area contributed by atoms with Crippen LogP contribution in [-0.4, -0.2) is 34.6 Å². The highest BCUT2D eigenvalue weighted by molar-refractivity contribution is 5.95. The third-order valence-electron chi connectivity index (χ3n) is 4.83. The molecule has 0 spiro atoms. The minimum Gasteiger partial charge on any atom is -0.497 e. The van der Waals surface area contributed by atoms with Crippen LogP contribution in [0.5, 0.6) is 5.75 Å². The molecule has 0 N–H and O–H groups in total. The van der Waals surface area contributed by atoms with Crippen LogP contribution in [-0.2, 0) is 0 Å². The summed E-state index contributed by atoms with van der Waals surface area (Å²) in [5, 5.41) is 3.97. The molecule has 27 heavy (non-hydrogen) atoms. The Kier molecular flexibility index (Phi) is 4.35. The lowest BCUT2D eigenvalue weighted by Gasteiger charge is -2.38. The average Bonchev–Trinajstić information content (AvgIpc) is 3.12. The van der Waals surface area contributed by atoms with Crippen molar-refractivity contribution in [3.05, 3.63) is 65.3 Å². The van der Waals surface area contributed by atoms with Crippen molar-refractivity contribution in [2.24, 2.45) is 0 Å². The van der Waals surface area contributed by atoms with Gasteiger partial charge in [-0.25, -0.2) is 4.39 Å². The Hall–Kier alpha value is -3.22. The normalized spacial score (nSPS) is 16.1. The van der Waals surface area contributed by atoms with E-state index in [0.29, 0.717) is 40.7 Å². The van der Waals surface area contributed by atoms with Crippen molar-refractivity contribution in [1.82, 2.24) is 15.0 Å². The number of nitrogens with zero attached hydrogens (tertiary/aromatic N) is 3. The Bertz CT molecular complexity index is 1000. The molecule has 3 aromatic rings. The summed E-state index contributed by atoms with van der Waals surface area (Å²) < 4.78 is 24.3. The van der Waals surface area contributed by atoms with Crippen molar-refractivity contribution in [3.63, 3.8) is 0 Å². The molecule has 0 aliphatic carbocycles. The zero-order valence-electron chi connectivity index (χ0n) is 15.0. The van der Waals surface area contributed by atoms with E-state index >= 15 is 0 Å². The summed E-state index contributed by atoms with van der Waals surface area (Å²) in [6, 6.07) is 11.5. The number of amides is 1. The molecule has 2 aromatic carbocycles. The van der Waals surface area contributed by atoms with Gasteiger partial charge in [0.15, 0.2) is 0 Å². The maximum Gasteiger partial charge on any atom is 0.254 e. The molecule has 1 aliphatic rings. The Morgan fingerprint density at radius 2 is 2.11 bits per heavy atom. The van der Waals surface area contributed by atoms with Crippen LogP contribution in [0, 0.1) is 12.7 Å². The molecule has 0 bridgehead atoms. The van der Waals surface area contributed by atoms with Gasteiger partial charge in [0.1, 0.15) is 17.6 Å². The van der Waals surface area contributed by atoms with Gasteiger partial charge >= 0.3 is 0 Å². The number of hydrogen-bond donors (Lipinski definition) is 0. The lowest BCUT2D eigenvalue weighted by Crippen LogP contribution is -2.45. The van der Waals surface area contributed by atoms with Crippen LogP contribution >= 0.6 is 0 Å². The highest BCUT2D eigenvalue weighted by Crippen LogP contribution is 2.35. The first kappa shape index (κ1) is 17.2. The van der Waals surface area contributed by atoms with E-state index in [1.165, 1.54) is 6.07 Å². The Labute approximate surface area is 155 Å². The number of halogens is 1. The topological polar surface area (TPSA) is 68.5 Å². The monoisotopic (exact) mass is 367 g/mol. The summed E-state index contributed by atoms with van der Waals surface area (Å²) in [6.45, 7) is 2.28. The first-order valence-corrected chi connectivity index (χ1v) is 8.62. The second kappa shape index (κ2) is 6.83. The van der Waals surface area contributed by atoms with E-state index < -0.39 is 0 Å². The minimum atomic E-state index is -0.322. The largest absolute Gasteiger partial charge is 0.497 e. The fourth-order valence-corrected chi connectivity index (χ4v) is 3.14. The molecule has 1 saturated heterocycles. The Balaban J connectivity index is 1.57. The molecule has 138 valence electrons. The van der Waals surface area contributed by atoms with E-state index in [0.717, 1.165) is 6.42 Å². The number of hydrogen-bond acceptors (Lipinski definition) is 5. The van der Waals surface area contributed by atoms with Gasteiger partial charge in [0.05, 0.1) is 7.11 Å². The molecule has 7 heteroatoms. The van der Waals surface area contributed by atoms with E-state index in [1.807, 2.05) is 0 Å². The van der Waals surface area contributed by atoms with Crippen LogP contribution in [0.15, 0.2) is 47.0 Å². The van der Waals surface area contributed by atoms with Crippen molar-refractivity contribution in [3.8, 4) is 17.1 Å². The minimum absolute atomic E-state index is 0.119. The SMILES string of the molecule is COc1cccc(C(=O)N2CCC2c2nc(-c3cccc(F)c3C)no2)c1. The van der Waals surface area contributed by atoms with Gasteiger partial charge in [-0.05, 0) is 43.2 Å². The third kappa shape index (κ3) is 3.05. The predicted octanol–water partition coefficient (Wildman–Crippen LogP) is 3.78. The summed E-state index contributed by atoms with van der Waals surface area (Å²) in [6.07, 6.45) is 0.736. The van der Waals surface area contributed by atoms with Gasteiger partial charge in [-0.15, -0.1) is 0 Å². The number of methoxy groups -OCH3 is 1. The van der Waals surface area contributed by atoms with Crippen LogP contribution in [0.25, 0.3) is 11.4 Å². The van der Waals surface area contributed by atoms with Crippen molar-refractivity contribution >= 4 is 5.91 Å². The molecule has 0 radical (unpaired) electrons. The number of rotatable bonds is 4. The van der Waals surface area contributed by atoms with Gasteiger partial charge in [0.25, 0.3) is 5.91 Å². The van der Waals surface area contributed by atoms with Crippen LogP contribution in [0.4, 0.5) is 4.39 Å². The number of carbonyl (C=O) groups excluding carboxylic acids is 1. The van der Waals surface area contributed by atoms with Crippen LogP contribution < -0.4 is 4.74 Å². The lowest BCUT2D eigenvalue weighted by atomic mass is 10.0. The standard InChI is InChI=1S/C20H18FN3O3/c1-12-15(7-4-8-16(12)21)18-22-19(27-23-18)17-9-10-24(17)20(25)13-5-3-6-14(11-13)26-2/h3-8,11,17H,9-10H2,1-2H3. The zero-order valence-corrected chi connectivity index (χ0v) is 15.0.